The summed E-state index contributed by atoms with van der Waals surface area (Å²) in [6.45, 7) is 2.08. The molecule has 1 aromatic heterocycles. The molecule has 0 saturated carbocycles. The van der Waals surface area contributed by atoms with Crippen molar-refractivity contribution >= 4 is 44.6 Å². The van der Waals surface area contributed by atoms with Gasteiger partial charge >= 0.3 is 0 Å². The first-order valence-corrected chi connectivity index (χ1v) is 6.83. The molecule has 0 aliphatic carbocycles. The largest absolute Gasteiger partial charge is 0.375 e. The second-order valence-electron chi connectivity index (χ2n) is 3.36. The van der Waals surface area contributed by atoms with Gasteiger partial charge in [-0.3, -0.25) is 0 Å². The topological polar surface area (TPSA) is 24.9 Å². The van der Waals surface area contributed by atoms with E-state index in [4.69, 9.17) is 11.6 Å². The molecule has 0 saturated heterocycles. The molecular formula is C11H10BrClN2S. The first kappa shape index (κ1) is 11.9. The van der Waals surface area contributed by atoms with Crippen molar-refractivity contribution in [1.82, 2.24) is 4.98 Å². The molecule has 1 aromatic carbocycles. The van der Waals surface area contributed by atoms with E-state index in [-0.39, 0.29) is 6.04 Å². The lowest BCUT2D eigenvalue weighted by molar-refractivity contribution is 0.869. The molecule has 0 radical (unpaired) electrons. The standard InChI is InChI=1S/C11H10BrClN2S/c1-7(11-14-4-5-16-11)15-10-6-8(13)2-3-9(10)12/h2-7,15H,1H3. The van der Waals surface area contributed by atoms with Crippen molar-refractivity contribution in [2.75, 3.05) is 5.32 Å². The Balaban J connectivity index is 2.17. The number of benzene rings is 1. The molecule has 1 heterocycles. The molecule has 5 heteroatoms. The van der Waals surface area contributed by atoms with Crippen molar-refractivity contribution in [3.8, 4) is 0 Å². The minimum Gasteiger partial charge on any atom is -0.375 e. The highest BCUT2D eigenvalue weighted by Crippen LogP contribution is 2.29. The Morgan fingerprint density at radius 2 is 2.31 bits per heavy atom. The normalized spacial score (nSPS) is 12.4. The van der Waals surface area contributed by atoms with Crippen molar-refractivity contribution in [1.29, 1.82) is 0 Å². The summed E-state index contributed by atoms with van der Waals surface area (Å²) in [7, 11) is 0. The zero-order chi connectivity index (χ0) is 11.5. The molecule has 2 nitrogen and oxygen atoms in total. The molecule has 1 unspecified atom stereocenters. The average molecular weight is 318 g/mol. The van der Waals surface area contributed by atoms with Gasteiger partial charge in [-0.05, 0) is 41.1 Å². The second kappa shape index (κ2) is 5.17. The fourth-order valence-electron chi connectivity index (χ4n) is 1.35. The Morgan fingerprint density at radius 3 is 3.00 bits per heavy atom. The van der Waals surface area contributed by atoms with E-state index in [1.165, 1.54) is 0 Å². The highest BCUT2D eigenvalue weighted by atomic mass is 79.9. The molecule has 1 N–H and O–H groups in total. The van der Waals surface area contributed by atoms with Crippen LogP contribution in [0.4, 0.5) is 5.69 Å². The minimum atomic E-state index is 0.176. The third-order valence-electron chi connectivity index (χ3n) is 2.12. The van der Waals surface area contributed by atoms with Crippen LogP contribution in [-0.4, -0.2) is 4.98 Å². The summed E-state index contributed by atoms with van der Waals surface area (Å²) in [6, 6.07) is 5.86. The predicted molar refractivity (Wildman–Crippen MR) is 73.3 cm³/mol. The van der Waals surface area contributed by atoms with Crippen LogP contribution in [0, 0.1) is 0 Å². The molecule has 2 aromatic rings. The van der Waals surface area contributed by atoms with E-state index >= 15 is 0 Å². The molecule has 16 heavy (non-hydrogen) atoms. The Morgan fingerprint density at radius 1 is 1.50 bits per heavy atom. The minimum absolute atomic E-state index is 0.176. The van der Waals surface area contributed by atoms with Crippen molar-refractivity contribution in [2.45, 2.75) is 13.0 Å². The number of nitrogens with zero attached hydrogens (tertiary/aromatic N) is 1. The number of thiazole rings is 1. The van der Waals surface area contributed by atoms with E-state index < -0.39 is 0 Å². The SMILES string of the molecule is CC(Nc1cc(Cl)ccc1Br)c1nccs1. The monoisotopic (exact) mass is 316 g/mol. The summed E-state index contributed by atoms with van der Waals surface area (Å²) in [5.41, 5.74) is 0.982. The number of rotatable bonds is 3. The van der Waals surface area contributed by atoms with Crippen LogP contribution < -0.4 is 5.32 Å². The lowest BCUT2D eigenvalue weighted by Gasteiger charge is -2.14. The van der Waals surface area contributed by atoms with Crippen LogP contribution in [0.5, 0.6) is 0 Å². The van der Waals surface area contributed by atoms with Gasteiger partial charge in [0.1, 0.15) is 5.01 Å². The lowest BCUT2D eigenvalue weighted by Crippen LogP contribution is -2.06. The van der Waals surface area contributed by atoms with Gasteiger partial charge in [0.05, 0.1) is 11.7 Å². The first-order chi connectivity index (χ1) is 7.66. The molecular weight excluding hydrogens is 308 g/mol. The Kier molecular flexibility index (Phi) is 3.84. The van der Waals surface area contributed by atoms with Crippen LogP contribution in [-0.2, 0) is 0 Å². The molecule has 84 valence electrons. The molecule has 0 aliphatic heterocycles. The average Bonchev–Trinajstić information content (AvgIpc) is 2.76. The van der Waals surface area contributed by atoms with E-state index in [1.54, 1.807) is 11.3 Å². The van der Waals surface area contributed by atoms with E-state index in [0.717, 1.165) is 20.2 Å². The number of anilines is 1. The van der Waals surface area contributed by atoms with Crippen molar-refractivity contribution in [2.24, 2.45) is 0 Å². The highest BCUT2D eigenvalue weighted by molar-refractivity contribution is 9.10. The van der Waals surface area contributed by atoms with Gasteiger partial charge in [-0.25, -0.2) is 4.98 Å². The van der Waals surface area contributed by atoms with Crippen LogP contribution in [0.1, 0.15) is 18.0 Å². The van der Waals surface area contributed by atoms with Gasteiger partial charge in [0, 0.05) is 21.1 Å². The molecule has 0 spiro atoms. The van der Waals surface area contributed by atoms with Crippen molar-refractivity contribution in [3.05, 3.63) is 44.3 Å². The first-order valence-electron chi connectivity index (χ1n) is 4.78. The third kappa shape index (κ3) is 2.75. The summed E-state index contributed by atoms with van der Waals surface area (Å²) >= 11 is 11.1. The highest BCUT2D eigenvalue weighted by Gasteiger charge is 2.09. The van der Waals surface area contributed by atoms with Gasteiger partial charge in [-0.15, -0.1) is 11.3 Å². The van der Waals surface area contributed by atoms with Gasteiger partial charge in [0.15, 0.2) is 0 Å². The molecule has 0 aliphatic rings. The molecule has 0 amide bonds. The summed E-state index contributed by atoms with van der Waals surface area (Å²) in [6.07, 6.45) is 1.81. The van der Waals surface area contributed by atoms with Crippen LogP contribution >= 0.6 is 38.9 Å². The zero-order valence-electron chi connectivity index (χ0n) is 8.58. The van der Waals surface area contributed by atoms with Crippen LogP contribution in [0.25, 0.3) is 0 Å². The summed E-state index contributed by atoms with van der Waals surface area (Å²) < 4.78 is 1.00. The van der Waals surface area contributed by atoms with Crippen LogP contribution in [0.2, 0.25) is 5.02 Å². The molecule has 1 atom stereocenters. The maximum atomic E-state index is 5.95. The molecule has 2 rings (SSSR count). The Hall–Kier alpha value is -0.580. The smallest absolute Gasteiger partial charge is 0.115 e. The van der Waals surface area contributed by atoms with Crippen LogP contribution in [0.3, 0.4) is 0 Å². The number of nitrogens with one attached hydrogen (secondary N) is 1. The summed E-state index contributed by atoms with van der Waals surface area (Å²) in [4.78, 5) is 4.27. The van der Waals surface area contributed by atoms with Gasteiger partial charge < -0.3 is 5.32 Å². The number of hydrogen-bond acceptors (Lipinski definition) is 3. The van der Waals surface area contributed by atoms with Gasteiger partial charge in [-0.2, -0.15) is 0 Å². The zero-order valence-corrected chi connectivity index (χ0v) is 11.7. The Bertz CT molecular complexity index is 473. The molecule has 0 bridgehead atoms. The van der Waals surface area contributed by atoms with Gasteiger partial charge in [0.2, 0.25) is 0 Å². The summed E-state index contributed by atoms with van der Waals surface area (Å²) in [5, 5.41) is 7.12. The van der Waals surface area contributed by atoms with Crippen LogP contribution in [0.15, 0.2) is 34.2 Å². The van der Waals surface area contributed by atoms with Gasteiger partial charge in [0.25, 0.3) is 0 Å². The van der Waals surface area contributed by atoms with Gasteiger partial charge in [-0.1, -0.05) is 11.6 Å². The summed E-state index contributed by atoms with van der Waals surface area (Å²) in [5.74, 6) is 0. The second-order valence-corrected chi connectivity index (χ2v) is 5.58. The fourth-order valence-corrected chi connectivity index (χ4v) is 2.53. The van der Waals surface area contributed by atoms with Crippen molar-refractivity contribution in [3.63, 3.8) is 0 Å². The fraction of sp³-hybridized carbons (Fsp3) is 0.182. The number of halogens is 2. The maximum Gasteiger partial charge on any atom is 0.115 e. The lowest BCUT2D eigenvalue weighted by atomic mass is 10.3. The quantitative estimate of drug-likeness (QED) is 0.885. The number of aromatic nitrogens is 1. The maximum absolute atomic E-state index is 5.95. The van der Waals surface area contributed by atoms with E-state index in [2.05, 4.69) is 33.2 Å². The number of hydrogen-bond donors (Lipinski definition) is 1. The van der Waals surface area contributed by atoms with Crippen molar-refractivity contribution < 1.29 is 0 Å². The van der Waals surface area contributed by atoms with E-state index in [9.17, 15) is 0 Å². The third-order valence-corrected chi connectivity index (χ3v) is 4.01. The Labute approximate surface area is 112 Å². The van der Waals surface area contributed by atoms with E-state index in [0.29, 0.717) is 0 Å². The van der Waals surface area contributed by atoms with E-state index in [1.807, 2.05) is 29.8 Å². The molecule has 0 fully saturated rings. The predicted octanol–water partition coefficient (Wildman–Crippen LogP) is 4.73.